The van der Waals surface area contributed by atoms with Crippen molar-refractivity contribution in [3.63, 3.8) is 0 Å². The van der Waals surface area contributed by atoms with Crippen molar-refractivity contribution in [2.24, 2.45) is 17.8 Å². The van der Waals surface area contributed by atoms with Crippen LogP contribution in [0.5, 0.6) is 0 Å². The number of nitrogens with one attached hydrogen (secondary N) is 1. The molecule has 0 radical (unpaired) electrons. The lowest BCUT2D eigenvalue weighted by Gasteiger charge is -2.48. The number of rotatable bonds is 14. The number of cyclic esters (lactones) is 1. The summed E-state index contributed by atoms with van der Waals surface area (Å²) in [4.78, 5) is 59.1. The molecule has 0 bridgehead atoms. The number of hydrogen-bond donors (Lipinski definition) is 4. The van der Waals surface area contributed by atoms with Crippen molar-refractivity contribution in [2.75, 3.05) is 46.6 Å². The summed E-state index contributed by atoms with van der Waals surface area (Å²) < 4.78 is 39.0. The van der Waals surface area contributed by atoms with E-state index < -0.39 is 95.7 Å². The number of aliphatic hydroxyl groups is 2. The number of nitrogens with two attached hydrogens (primary N) is 1. The molecular formula is C50H73N7O12. The standard InChI is InChI=1S/C50H73N7O12/c1-11-38-50(7)43(57(48(63)69-50)23-16-15-22-56-27-36(53-54-56)34-20-17-21-35(51)24-34)32(5)52-26-29(2)25-49(6,64-10)44(30(3)40(58)31(4)45(61)67-38)68-47-42(60)39(55(8)9)41(59)37(66-47)28-65-46(62)33-18-13-12-14-19-33/h12-14,17-21,24,27,29-32,37-39,41-44,47,52,59-60H,11,15-16,22-23,25-26,28,51H2,1-10H3/t29-,30+,31-,32-,37?,38-,39?,41-,42?,43-,44-,47+,49-,50-/m1/s1. The number of ketones is 1. The zero-order chi connectivity index (χ0) is 50.4. The second kappa shape index (κ2) is 22.8. The fourth-order valence-electron chi connectivity index (χ4n) is 10.4. The van der Waals surface area contributed by atoms with E-state index in [0.29, 0.717) is 55.8 Å². The van der Waals surface area contributed by atoms with E-state index in [-0.39, 0.29) is 25.0 Å². The van der Waals surface area contributed by atoms with Crippen LogP contribution in [0.1, 0.15) is 84.5 Å². The van der Waals surface area contributed by atoms with Crippen LogP contribution in [0.25, 0.3) is 11.3 Å². The van der Waals surface area contributed by atoms with Crippen molar-refractivity contribution >= 4 is 29.5 Å². The summed E-state index contributed by atoms with van der Waals surface area (Å²) in [5.74, 6) is -4.42. The van der Waals surface area contributed by atoms with E-state index in [0.717, 1.165) is 5.56 Å². The first kappa shape index (κ1) is 53.3. The lowest BCUT2D eigenvalue weighted by atomic mass is 9.78. The number of hydrogen-bond acceptors (Lipinski definition) is 17. The Kier molecular flexibility index (Phi) is 17.6. The molecule has 6 rings (SSSR count). The highest BCUT2D eigenvalue weighted by Gasteiger charge is 2.59. The Bertz CT molecular complexity index is 2210. The van der Waals surface area contributed by atoms with Gasteiger partial charge in [0.1, 0.15) is 42.6 Å². The number of fused-ring (bicyclic) bond motifs is 1. The molecule has 3 saturated heterocycles. The average molecular weight is 964 g/mol. The van der Waals surface area contributed by atoms with E-state index in [1.54, 1.807) is 72.8 Å². The number of aryl methyl sites for hydroxylation is 1. The predicted molar refractivity (Wildman–Crippen MR) is 254 cm³/mol. The third-order valence-corrected chi connectivity index (χ3v) is 14.2. The molecule has 3 aromatic rings. The Morgan fingerprint density at radius 1 is 1.00 bits per heavy atom. The number of amides is 1. The van der Waals surface area contributed by atoms with Gasteiger partial charge < -0.3 is 54.6 Å². The largest absolute Gasteiger partial charge is 0.459 e. The van der Waals surface area contributed by atoms with Crippen molar-refractivity contribution in [2.45, 2.75) is 147 Å². The van der Waals surface area contributed by atoms with Crippen LogP contribution in [-0.2, 0) is 44.6 Å². The minimum Gasteiger partial charge on any atom is -0.459 e. The number of unbranched alkanes of at least 4 members (excludes halogenated alkanes) is 1. The van der Waals surface area contributed by atoms with Crippen molar-refractivity contribution < 1.29 is 57.8 Å². The summed E-state index contributed by atoms with van der Waals surface area (Å²) >= 11 is 0. The summed E-state index contributed by atoms with van der Waals surface area (Å²) in [5, 5.41) is 35.5. The molecule has 19 heteroatoms. The average Bonchev–Trinajstić information content (AvgIpc) is 3.90. The molecule has 14 atom stereocenters. The number of aliphatic hydroxyl groups excluding tert-OH is 2. The topological polar surface area (TPSA) is 239 Å². The fraction of sp³-hybridized carbons (Fsp3) is 0.640. The van der Waals surface area contributed by atoms with Gasteiger partial charge in [-0.2, -0.15) is 0 Å². The van der Waals surface area contributed by atoms with Crippen molar-refractivity contribution in [1.82, 2.24) is 30.1 Å². The number of methoxy groups -OCH3 is 1. The number of nitrogens with zero attached hydrogens (tertiary/aromatic N) is 5. The summed E-state index contributed by atoms with van der Waals surface area (Å²) in [7, 11) is 4.88. The maximum atomic E-state index is 14.6. The second-order valence-corrected chi connectivity index (χ2v) is 19.7. The Morgan fingerprint density at radius 3 is 2.38 bits per heavy atom. The molecule has 0 aliphatic carbocycles. The van der Waals surface area contributed by atoms with Crippen LogP contribution < -0.4 is 11.1 Å². The molecule has 3 fully saturated rings. The molecule has 5 N–H and O–H groups in total. The molecule has 4 heterocycles. The predicted octanol–water partition coefficient (Wildman–Crippen LogP) is 4.09. The first-order chi connectivity index (χ1) is 32.7. The lowest BCUT2D eigenvalue weighted by Crippen LogP contribution is -2.65. The Labute approximate surface area is 405 Å². The molecule has 3 unspecified atom stereocenters. The number of nitrogen functional groups attached to an aromatic ring is 1. The Hall–Kier alpha value is -5.02. The van der Waals surface area contributed by atoms with E-state index in [1.807, 2.05) is 58.2 Å². The van der Waals surface area contributed by atoms with Gasteiger partial charge in [-0.25, -0.2) is 9.59 Å². The van der Waals surface area contributed by atoms with Gasteiger partial charge in [0.05, 0.1) is 35.5 Å². The highest BCUT2D eigenvalue weighted by molar-refractivity contribution is 6.00. The van der Waals surface area contributed by atoms with Gasteiger partial charge in [-0.15, -0.1) is 5.10 Å². The normalized spacial score (nSPS) is 33.8. The fourth-order valence-corrected chi connectivity index (χ4v) is 10.4. The summed E-state index contributed by atoms with van der Waals surface area (Å²) in [5.41, 5.74) is 5.95. The van der Waals surface area contributed by atoms with Gasteiger partial charge in [0.2, 0.25) is 0 Å². The molecule has 0 spiro atoms. The quantitative estimate of drug-likeness (QED) is 0.0585. The second-order valence-electron chi connectivity index (χ2n) is 19.7. The number of likely N-dealkylation sites (N-methyl/N-ethyl adjacent to an activating group) is 1. The van der Waals surface area contributed by atoms with E-state index in [9.17, 15) is 29.4 Å². The van der Waals surface area contributed by atoms with Crippen LogP contribution in [0.15, 0.2) is 60.8 Å². The zero-order valence-electron chi connectivity index (χ0n) is 41.6. The minimum atomic E-state index is -1.44. The molecule has 380 valence electrons. The van der Waals surface area contributed by atoms with Crippen LogP contribution in [0.2, 0.25) is 0 Å². The Morgan fingerprint density at radius 2 is 1.71 bits per heavy atom. The van der Waals surface area contributed by atoms with Gasteiger partial charge in [-0.3, -0.25) is 19.2 Å². The van der Waals surface area contributed by atoms with Gasteiger partial charge in [0.15, 0.2) is 17.7 Å². The smallest absolute Gasteiger partial charge is 0.410 e. The highest BCUT2D eigenvalue weighted by atomic mass is 16.7. The number of benzene rings is 2. The Balaban J connectivity index is 1.22. The molecule has 69 heavy (non-hydrogen) atoms. The number of carbonyl (C=O) groups excluding carboxylic acids is 4. The number of esters is 2. The molecule has 0 saturated carbocycles. The molecule has 1 aromatic heterocycles. The molecular weight excluding hydrogens is 891 g/mol. The number of ether oxygens (including phenoxy) is 6. The van der Waals surface area contributed by atoms with E-state index >= 15 is 0 Å². The number of anilines is 1. The molecule has 2 aromatic carbocycles. The summed E-state index contributed by atoms with van der Waals surface area (Å²) in [6.45, 7) is 13.5. The first-order valence-electron chi connectivity index (χ1n) is 24.1. The van der Waals surface area contributed by atoms with Crippen LogP contribution in [0.3, 0.4) is 0 Å². The van der Waals surface area contributed by atoms with Crippen LogP contribution in [0.4, 0.5) is 10.5 Å². The minimum absolute atomic E-state index is 0.135. The summed E-state index contributed by atoms with van der Waals surface area (Å²) in [6.07, 6.45) is -4.15. The maximum absolute atomic E-state index is 14.6. The molecule has 19 nitrogen and oxygen atoms in total. The van der Waals surface area contributed by atoms with Crippen LogP contribution in [-0.4, -0.2) is 166 Å². The van der Waals surface area contributed by atoms with Gasteiger partial charge in [0, 0.05) is 43.4 Å². The van der Waals surface area contributed by atoms with E-state index in [1.165, 1.54) is 14.0 Å². The van der Waals surface area contributed by atoms with Gasteiger partial charge >= 0.3 is 18.0 Å². The molecule has 3 aliphatic rings. The maximum Gasteiger partial charge on any atom is 0.410 e. The molecule has 3 aliphatic heterocycles. The van der Waals surface area contributed by atoms with E-state index in [2.05, 4.69) is 15.6 Å². The molecule has 1 amide bonds. The van der Waals surface area contributed by atoms with Crippen molar-refractivity contribution in [3.05, 3.63) is 66.4 Å². The van der Waals surface area contributed by atoms with Crippen molar-refractivity contribution in [1.29, 1.82) is 0 Å². The summed E-state index contributed by atoms with van der Waals surface area (Å²) in [6, 6.07) is 13.9. The highest BCUT2D eigenvalue weighted by Crippen LogP contribution is 2.40. The first-order valence-corrected chi connectivity index (χ1v) is 24.1. The SMILES string of the molecule is CC[C@H]1OC(=O)[C@H](C)C(=O)[C@H](C)[C@@H](O[C@@H]2OC(COC(=O)c3ccccc3)[C@@H](O)C(N(C)C)C2O)[C@](C)(OC)C[C@@H](C)CN[C@H](C)[C@H]2N(CCCCn3cc(-c4cccc(N)c4)nn3)C(=O)O[C@]12C. The number of aromatic nitrogens is 3. The number of Topliss-reactive ketones (excluding diaryl/α,β-unsaturated/α-hetero) is 1. The zero-order valence-corrected chi connectivity index (χ0v) is 41.6. The van der Waals surface area contributed by atoms with Gasteiger partial charge in [-0.1, -0.05) is 56.3 Å². The van der Waals surface area contributed by atoms with E-state index in [4.69, 9.17) is 34.2 Å². The van der Waals surface area contributed by atoms with Crippen LogP contribution >= 0.6 is 0 Å². The lowest BCUT2D eigenvalue weighted by molar-refractivity contribution is -0.319. The number of carbonyl (C=O) groups is 4. The third kappa shape index (κ3) is 12.0. The van der Waals surface area contributed by atoms with Gasteiger partial charge in [0.25, 0.3) is 0 Å². The van der Waals surface area contributed by atoms with Gasteiger partial charge in [-0.05, 0) is 104 Å². The van der Waals surface area contributed by atoms with Crippen LogP contribution in [0, 0.1) is 17.8 Å². The third-order valence-electron chi connectivity index (χ3n) is 14.2. The monoisotopic (exact) mass is 964 g/mol. The van der Waals surface area contributed by atoms with Crippen molar-refractivity contribution in [3.8, 4) is 11.3 Å².